The van der Waals surface area contributed by atoms with Crippen molar-refractivity contribution in [1.82, 2.24) is 0 Å². The molecule has 2 heteroatoms. The normalized spacial score (nSPS) is 20.9. The van der Waals surface area contributed by atoms with Crippen LogP contribution in [0.5, 0.6) is 0 Å². The maximum atomic E-state index is 9.30. The monoisotopic (exact) mass is 148 g/mol. The van der Waals surface area contributed by atoms with Crippen LogP contribution in [0.3, 0.4) is 0 Å². The molecule has 2 aliphatic rings. The maximum absolute atomic E-state index is 9.30. The molecule has 1 aliphatic carbocycles. The highest BCUT2D eigenvalue weighted by Gasteiger charge is 2.14. The van der Waals surface area contributed by atoms with Crippen molar-refractivity contribution in [2.24, 2.45) is 0 Å². The zero-order valence-corrected chi connectivity index (χ0v) is 5.95. The Morgan fingerprint density at radius 1 is 1.45 bits per heavy atom. The molecule has 0 aromatic carbocycles. The first-order valence-corrected chi connectivity index (χ1v) is 3.50. The van der Waals surface area contributed by atoms with Crippen molar-refractivity contribution in [1.29, 1.82) is 0 Å². The lowest BCUT2D eigenvalue weighted by Gasteiger charge is -2.16. The topological polar surface area (TPSA) is 29.5 Å². The van der Waals surface area contributed by atoms with Crippen LogP contribution in [-0.4, -0.2) is 5.11 Å². The minimum atomic E-state index is 0.215. The molecule has 0 aromatic rings. The van der Waals surface area contributed by atoms with Crippen LogP contribution < -0.4 is 0 Å². The molecule has 11 heavy (non-hydrogen) atoms. The van der Waals surface area contributed by atoms with E-state index in [0.717, 1.165) is 12.0 Å². The highest BCUT2D eigenvalue weighted by Crippen LogP contribution is 2.26. The largest absolute Gasteiger partial charge is 0.504 e. The SMILES string of the molecule is OC1=C2OC=CC=C2CC=C1. The zero-order chi connectivity index (χ0) is 7.68. The van der Waals surface area contributed by atoms with Gasteiger partial charge in [0.15, 0.2) is 11.5 Å². The smallest absolute Gasteiger partial charge is 0.171 e. The minimum Gasteiger partial charge on any atom is -0.504 e. The van der Waals surface area contributed by atoms with E-state index >= 15 is 0 Å². The van der Waals surface area contributed by atoms with E-state index in [0.29, 0.717) is 5.76 Å². The van der Waals surface area contributed by atoms with Gasteiger partial charge in [-0.05, 0) is 18.6 Å². The van der Waals surface area contributed by atoms with Crippen molar-refractivity contribution in [3.05, 3.63) is 47.7 Å². The van der Waals surface area contributed by atoms with Crippen LogP contribution in [-0.2, 0) is 4.74 Å². The van der Waals surface area contributed by atoms with Gasteiger partial charge >= 0.3 is 0 Å². The summed E-state index contributed by atoms with van der Waals surface area (Å²) in [4.78, 5) is 0. The van der Waals surface area contributed by atoms with Gasteiger partial charge in [0.1, 0.15) is 0 Å². The van der Waals surface area contributed by atoms with Gasteiger partial charge in [-0.25, -0.2) is 0 Å². The van der Waals surface area contributed by atoms with Crippen LogP contribution in [0.1, 0.15) is 6.42 Å². The summed E-state index contributed by atoms with van der Waals surface area (Å²) in [6, 6.07) is 0. The highest BCUT2D eigenvalue weighted by atomic mass is 16.5. The van der Waals surface area contributed by atoms with Gasteiger partial charge < -0.3 is 9.84 Å². The number of hydrogen-bond donors (Lipinski definition) is 1. The lowest BCUT2D eigenvalue weighted by atomic mass is 10.0. The molecule has 0 saturated heterocycles. The molecule has 0 atom stereocenters. The van der Waals surface area contributed by atoms with Crippen molar-refractivity contribution in [3.63, 3.8) is 0 Å². The van der Waals surface area contributed by atoms with Gasteiger partial charge in [-0.3, -0.25) is 0 Å². The summed E-state index contributed by atoms with van der Waals surface area (Å²) in [7, 11) is 0. The van der Waals surface area contributed by atoms with E-state index in [1.165, 1.54) is 0 Å². The van der Waals surface area contributed by atoms with Crippen LogP contribution in [0, 0.1) is 0 Å². The van der Waals surface area contributed by atoms with E-state index in [-0.39, 0.29) is 5.76 Å². The maximum Gasteiger partial charge on any atom is 0.171 e. The van der Waals surface area contributed by atoms with Gasteiger partial charge in [0.25, 0.3) is 0 Å². The minimum absolute atomic E-state index is 0.215. The number of rotatable bonds is 0. The van der Waals surface area contributed by atoms with E-state index in [4.69, 9.17) is 4.74 Å². The summed E-state index contributed by atoms with van der Waals surface area (Å²) >= 11 is 0. The number of aliphatic hydroxyl groups is 1. The van der Waals surface area contributed by atoms with Gasteiger partial charge in [-0.1, -0.05) is 12.2 Å². The summed E-state index contributed by atoms with van der Waals surface area (Å²) in [6.07, 6.45) is 9.74. The second-order valence-electron chi connectivity index (χ2n) is 2.46. The molecular formula is C9H8O2. The molecule has 0 unspecified atom stereocenters. The summed E-state index contributed by atoms with van der Waals surface area (Å²) in [5.41, 5.74) is 1.03. The first kappa shape index (κ1) is 6.28. The summed E-state index contributed by atoms with van der Waals surface area (Å²) < 4.78 is 5.12. The van der Waals surface area contributed by atoms with Crippen LogP contribution in [0.2, 0.25) is 0 Å². The van der Waals surface area contributed by atoms with E-state index in [2.05, 4.69) is 0 Å². The Kier molecular flexibility index (Phi) is 1.32. The quantitative estimate of drug-likeness (QED) is 0.570. The third-order valence-electron chi connectivity index (χ3n) is 1.70. The lowest BCUT2D eigenvalue weighted by Crippen LogP contribution is -2.02. The lowest BCUT2D eigenvalue weighted by molar-refractivity contribution is 0.306. The van der Waals surface area contributed by atoms with Crippen LogP contribution in [0.4, 0.5) is 0 Å². The molecule has 0 radical (unpaired) electrons. The molecule has 0 aromatic heterocycles. The molecule has 1 N–H and O–H groups in total. The molecule has 0 fully saturated rings. The van der Waals surface area contributed by atoms with Gasteiger partial charge in [0.2, 0.25) is 0 Å². The summed E-state index contributed by atoms with van der Waals surface area (Å²) in [6.45, 7) is 0. The molecule has 0 bridgehead atoms. The first-order valence-electron chi connectivity index (χ1n) is 3.50. The van der Waals surface area contributed by atoms with E-state index in [1.54, 1.807) is 12.3 Å². The van der Waals surface area contributed by atoms with Gasteiger partial charge in [-0.2, -0.15) is 0 Å². The number of aliphatic hydroxyl groups excluding tert-OH is 1. The zero-order valence-electron chi connectivity index (χ0n) is 5.95. The van der Waals surface area contributed by atoms with Crippen LogP contribution in [0.25, 0.3) is 0 Å². The van der Waals surface area contributed by atoms with Crippen molar-refractivity contribution < 1.29 is 9.84 Å². The molecule has 0 saturated carbocycles. The molecule has 1 aliphatic heterocycles. The summed E-state index contributed by atoms with van der Waals surface area (Å²) in [5.74, 6) is 0.807. The van der Waals surface area contributed by atoms with E-state index < -0.39 is 0 Å². The Hall–Kier alpha value is -1.44. The van der Waals surface area contributed by atoms with Crippen LogP contribution >= 0.6 is 0 Å². The molecule has 1 heterocycles. The Balaban J connectivity index is 2.46. The Morgan fingerprint density at radius 2 is 2.36 bits per heavy atom. The van der Waals surface area contributed by atoms with Crippen molar-refractivity contribution in [3.8, 4) is 0 Å². The number of allylic oxidation sites excluding steroid dienone is 5. The molecular weight excluding hydrogens is 140 g/mol. The summed E-state index contributed by atoms with van der Waals surface area (Å²) in [5, 5.41) is 9.30. The van der Waals surface area contributed by atoms with Gasteiger partial charge in [-0.15, -0.1) is 0 Å². The van der Waals surface area contributed by atoms with Crippen LogP contribution in [0.15, 0.2) is 47.7 Å². The molecule has 0 amide bonds. The third kappa shape index (κ3) is 0.963. The standard InChI is InChI=1S/C9H8O2/c10-8-5-1-3-7-4-2-6-11-9(7)8/h1-2,4-6,10H,3H2. The van der Waals surface area contributed by atoms with Crippen molar-refractivity contribution in [2.75, 3.05) is 0 Å². The Morgan fingerprint density at radius 3 is 3.18 bits per heavy atom. The Bertz CT molecular complexity index is 293. The first-order chi connectivity index (χ1) is 5.38. The highest BCUT2D eigenvalue weighted by molar-refractivity contribution is 5.42. The third-order valence-corrected chi connectivity index (χ3v) is 1.70. The molecule has 2 rings (SSSR count). The predicted octanol–water partition coefficient (Wildman–Crippen LogP) is 2.19. The van der Waals surface area contributed by atoms with E-state index in [9.17, 15) is 5.11 Å². The second-order valence-corrected chi connectivity index (χ2v) is 2.46. The fourth-order valence-corrected chi connectivity index (χ4v) is 1.17. The average molecular weight is 148 g/mol. The van der Waals surface area contributed by atoms with Crippen molar-refractivity contribution in [2.45, 2.75) is 6.42 Å². The fourth-order valence-electron chi connectivity index (χ4n) is 1.17. The average Bonchev–Trinajstić information content (AvgIpc) is 2.06. The van der Waals surface area contributed by atoms with E-state index in [1.807, 2.05) is 18.2 Å². The number of hydrogen-bond acceptors (Lipinski definition) is 2. The fraction of sp³-hybridized carbons (Fsp3) is 0.111. The number of ether oxygens (including phenoxy) is 1. The van der Waals surface area contributed by atoms with Gasteiger partial charge in [0.05, 0.1) is 6.26 Å². The molecule has 0 spiro atoms. The predicted molar refractivity (Wildman–Crippen MR) is 41.7 cm³/mol. The molecule has 2 nitrogen and oxygen atoms in total. The van der Waals surface area contributed by atoms with Gasteiger partial charge in [0, 0.05) is 5.57 Å². The Labute approximate surface area is 64.8 Å². The molecule has 56 valence electrons. The second kappa shape index (κ2) is 2.31. The number of fused-ring (bicyclic) bond motifs is 1. The van der Waals surface area contributed by atoms with Crippen molar-refractivity contribution >= 4 is 0 Å².